The molecule has 2 aromatic carbocycles. The first kappa shape index (κ1) is 15.1. The summed E-state index contributed by atoms with van der Waals surface area (Å²) in [6.45, 7) is 1.44. The average molecular weight is 348 g/mol. The zero-order valence-corrected chi connectivity index (χ0v) is 12.9. The quantitative estimate of drug-likeness (QED) is 0.745. The maximum absolute atomic E-state index is 12.2. The number of nitrogens with one attached hydrogen (secondary N) is 2. The highest BCUT2D eigenvalue weighted by molar-refractivity contribution is 9.10. The molecular weight excluding hydrogens is 334 g/mol. The first-order valence-corrected chi connectivity index (χ1v) is 6.99. The molecule has 0 saturated carbocycles. The molecule has 6 heteroatoms. The lowest BCUT2D eigenvalue weighted by molar-refractivity contribution is -0.114. The van der Waals surface area contributed by atoms with Crippen LogP contribution in [-0.2, 0) is 4.79 Å². The molecule has 0 fully saturated rings. The highest BCUT2D eigenvalue weighted by Crippen LogP contribution is 2.20. The minimum atomic E-state index is -0.291. The van der Waals surface area contributed by atoms with Crippen molar-refractivity contribution in [2.45, 2.75) is 6.92 Å². The molecule has 0 unspecified atom stereocenters. The van der Waals surface area contributed by atoms with Gasteiger partial charge in [-0.25, -0.2) is 0 Å². The van der Waals surface area contributed by atoms with E-state index in [-0.39, 0.29) is 11.8 Å². The Bertz CT molecular complexity index is 684. The minimum absolute atomic E-state index is 0.145. The monoisotopic (exact) mass is 347 g/mol. The topological polar surface area (TPSA) is 84.2 Å². The SMILES string of the molecule is CC(=O)Nc1ccc(NC(=O)c2cc(Br)ccc2N)cc1. The van der Waals surface area contributed by atoms with Crippen molar-refractivity contribution in [2.75, 3.05) is 16.4 Å². The van der Waals surface area contributed by atoms with Crippen molar-refractivity contribution >= 4 is 44.8 Å². The second-order valence-corrected chi connectivity index (χ2v) is 5.36. The fraction of sp³-hybridized carbons (Fsp3) is 0.0667. The number of benzene rings is 2. The van der Waals surface area contributed by atoms with Crippen LogP contribution >= 0.6 is 15.9 Å². The molecule has 0 heterocycles. The summed E-state index contributed by atoms with van der Waals surface area (Å²) in [6, 6.07) is 11.9. The van der Waals surface area contributed by atoms with Crippen LogP contribution in [0.3, 0.4) is 0 Å². The lowest BCUT2D eigenvalue weighted by Gasteiger charge is -2.09. The van der Waals surface area contributed by atoms with Gasteiger partial charge < -0.3 is 16.4 Å². The van der Waals surface area contributed by atoms with Gasteiger partial charge in [-0.05, 0) is 42.5 Å². The van der Waals surface area contributed by atoms with Gasteiger partial charge in [0.25, 0.3) is 5.91 Å². The molecule has 0 saturated heterocycles. The summed E-state index contributed by atoms with van der Waals surface area (Å²) in [5, 5.41) is 5.41. The van der Waals surface area contributed by atoms with E-state index < -0.39 is 0 Å². The van der Waals surface area contributed by atoms with Crippen molar-refractivity contribution in [3.05, 3.63) is 52.5 Å². The molecule has 21 heavy (non-hydrogen) atoms. The number of anilines is 3. The first-order valence-electron chi connectivity index (χ1n) is 6.20. The fourth-order valence-electron chi connectivity index (χ4n) is 1.76. The number of hydrogen-bond donors (Lipinski definition) is 3. The number of rotatable bonds is 3. The molecule has 4 N–H and O–H groups in total. The summed E-state index contributed by atoms with van der Waals surface area (Å²) in [6.07, 6.45) is 0. The number of carbonyl (C=O) groups excluding carboxylic acids is 2. The van der Waals surface area contributed by atoms with Crippen LogP contribution in [0, 0.1) is 0 Å². The third-order valence-corrected chi connectivity index (χ3v) is 3.22. The standard InChI is InChI=1S/C15H14BrN3O2/c1-9(20)18-11-3-5-12(6-4-11)19-15(21)13-8-10(16)2-7-14(13)17/h2-8H,17H2,1H3,(H,18,20)(H,19,21). The second-order valence-electron chi connectivity index (χ2n) is 4.44. The number of amides is 2. The summed E-state index contributed by atoms with van der Waals surface area (Å²) in [5.41, 5.74) is 7.89. The van der Waals surface area contributed by atoms with Crippen molar-refractivity contribution in [3.8, 4) is 0 Å². The molecule has 5 nitrogen and oxygen atoms in total. The van der Waals surface area contributed by atoms with Gasteiger partial charge in [0.15, 0.2) is 0 Å². The van der Waals surface area contributed by atoms with Crippen molar-refractivity contribution in [2.24, 2.45) is 0 Å². The van der Waals surface area contributed by atoms with Gasteiger partial charge >= 0.3 is 0 Å². The van der Waals surface area contributed by atoms with E-state index in [1.807, 2.05) is 0 Å². The van der Waals surface area contributed by atoms with E-state index in [2.05, 4.69) is 26.6 Å². The van der Waals surface area contributed by atoms with E-state index in [1.54, 1.807) is 42.5 Å². The Balaban J connectivity index is 2.12. The molecule has 0 spiro atoms. The molecule has 2 amide bonds. The second kappa shape index (κ2) is 6.41. The Kier molecular flexibility index (Phi) is 4.59. The van der Waals surface area contributed by atoms with E-state index in [1.165, 1.54) is 6.92 Å². The number of nitrogens with two attached hydrogens (primary N) is 1. The zero-order valence-electron chi connectivity index (χ0n) is 11.3. The Hall–Kier alpha value is -2.34. The van der Waals surface area contributed by atoms with Crippen molar-refractivity contribution in [1.82, 2.24) is 0 Å². The molecule has 0 radical (unpaired) electrons. The van der Waals surface area contributed by atoms with E-state index in [9.17, 15) is 9.59 Å². The smallest absolute Gasteiger partial charge is 0.257 e. The van der Waals surface area contributed by atoms with Crippen LogP contribution < -0.4 is 16.4 Å². The Morgan fingerprint density at radius 3 is 2.14 bits per heavy atom. The molecule has 0 aliphatic carbocycles. The van der Waals surface area contributed by atoms with Crippen LogP contribution in [0.25, 0.3) is 0 Å². The molecule has 0 aliphatic rings. The number of nitrogen functional groups attached to an aromatic ring is 1. The lowest BCUT2D eigenvalue weighted by Crippen LogP contribution is -2.14. The third kappa shape index (κ3) is 4.06. The van der Waals surface area contributed by atoms with Gasteiger partial charge in [0.2, 0.25) is 5.91 Å². The van der Waals surface area contributed by atoms with Crippen LogP contribution in [0.2, 0.25) is 0 Å². The van der Waals surface area contributed by atoms with Gasteiger partial charge in [0.05, 0.1) is 5.56 Å². The van der Waals surface area contributed by atoms with Crippen LogP contribution in [-0.4, -0.2) is 11.8 Å². The molecule has 0 bridgehead atoms. The molecule has 0 aromatic heterocycles. The predicted molar refractivity (Wildman–Crippen MR) is 87.3 cm³/mol. The van der Waals surface area contributed by atoms with Crippen LogP contribution in [0.1, 0.15) is 17.3 Å². The summed E-state index contributed by atoms with van der Waals surface area (Å²) < 4.78 is 0.780. The molecule has 2 rings (SSSR count). The fourth-order valence-corrected chi connectivity index (χ4v) is 2.12. The number of carbonyl (C=O) groups is 2. The largest absolute Gasteiger partial charge is 0.398 e. The van der Waals surface area contributed by atoms with Gasteiger partial charge in [0, 0.05) is 28.5 Å². The highest BCUT2D eigenvalue weighted by Gasteiger charge is 2.10. The van der Waals surface area contributed by atoms with E-state index in [0.29, 0.717) is 22.6 Å². The molecule has 0 aliphatic heterocycles. The van der Waals surface area contributed by atoms with Gasteiger partial charge in [0.1, 0.15) is 0 Å². The van der Waals surface area contributed by atoms with Crippen molar-refractivity contribution in [1.29, 1.82) is 0 Å². The van der Waals surface area contributed by atoms with Crippen LogP contribution in [0.5, 0.6) is 0 Å². The average Bonchev–Trinajstić information content (AvgIpc) is 2.43. The molecule has 2 aromatic rings. The van der Waals surface area contributed by atoms with E-state index in [0.717, 1.165) is 4.47 Å². The summed E-state index contributed by atoms with van der Waals surface area (Å²) in [7, 11) is 0. The Morgan fingerprint density at radius 2 is 1.57 bits per heavy atom. The van der Waals surface area contributed by atoms with Gasteiger partial charge in [-0.1, -0.05) is 15.9 Å². The van der Waals surface area contributed by atoms with Crippen molar-refractivity contribution < 1.29 is 9.59 Å². The Labute approximate surface area is 130 Å². The maximum atomic E-state index is 12.2. The normalized spacial score (nSPS) is 10.0. The zero-order chi connectivity index (χ0) is 15.4. The van der Waals surface area contributed by atoms with Crippen molar-refractivity contribution in [3.63, 3.8) is 0 Å². The molecular formula is C15H14BrN3O2. The van der Waals surface area contributed by atoms with Crippen LogP contribution in [0.4, 0.5) is 17.1 Å². The third-order valence-electron chi connectivity index (χ3n) is 2.72. The number of halogens is 1. The highest BCUT2D eigenvalue weighted by atomic mass is 79.9. The van der Waals surface area contributed by atoms with E-state index >= 15 is 0 Å². The van der Waals surface area contributed by atoms with Gasteiger partial charge in [-0.15, -0.1) is 0 Å². The predicted octanol–water partition coefficient (Wildman–Crippen LogP) is 3.24. The molecule has 0 atom stereocenters. The summed E-state index contributed by atoms with van der Waals surface area (Å²) in [5.74, 6) is -0.435. The lowest BCUT2D eigenvalue weighted by atomic mass is 10.1. The number of hydrogen-bond acceptors (Lipinski definition) is 3. The summed E-state index contributed by atoms with van der Waals surface area (Å²) in [4.78, 5) is 23.1. The minimum Gasteiger partial charge on any atom is -0.398 e. The van der Waals surface area contributed by atoms with E-state index in [4.69, 9.17) is 5.73 Å². The Morgan fingerprint density at radius 1 is 1.00 bits per heavy atom. The van der Waals surface area contributed by atoms with Gasteiger partial charge in [-0.3, -0.25) is 9.59 Å². The summed E-state index contributed by atoms with van der Waals surface area (Å²) >= 11 is 3.31. The maximum Gasteiger partial charge on any atom is 0.257 e. The molecule has 108 valence electrons. The van der Waals surface area contributed by atoms with Crippen LogP contribution in [0.15, 0.2) is 46.9 Å². The van der Waals surface area contributed by atoms with Gasteiger partial charge in [-0.2, -0.15) is 0 Å². The first-order chi connectivity index (χ1) is 9.95.